The van der Waals surface area contributed by atoms with Gasteiger partial charge in [0.15, 0.2) is 0 Å². The van der Waals surface area contributed by atoms with Crippen LogP contribution in [0.4, 0.5) is 5.95 Å². The molecule has 1 fully saturated rings. The van der Waals surface area contributed by atoms with Crippen molar-refractivity contribution < 1.29 is 4.79 Å². The predicted octanol–water partition coefficient (Wildman–Crippen LogP) is 1.32. The van der Waals surface area contributed by atoms with E-state index in [4.69, 9.17) is 0 Å². The van der Waals surface area contributed by atoms with Gasteiger partial charge in [0.25, 0.3) is 0 Å². The van der Waals surface area contributed by atoms with E-state index in [1.54, 1.807) is 11.1 Å². The Kier molecular flexibility index (Phi) is 2.49. The van der Waals surface area contributed by atoms with Crippen LogP contribution in [-0.2, 0) is 4.79 Å². The van der Waals surface area contributed by atoms with Gasteiger partial charge in [-0.3, -0.25) is 9.69 Å². The van der Waals surface area contributed by atoms with Crippen LogP contribution in [0.2, 0.25) is 0 Å². The number of nitrogens with zero attached hydrogens (tertiary/aromatic N) is 3. The van der Waals surface area contributed by atoms with Gasteiger partial charge < -0.3 is 0 Å². The standard InChI is InChI=1S/C11H13N3O/c1-3-9-6-10(15)14(7-9)11-12-5-4-8(2)13-11/h3-5,9H,1,6-7H2,2H3. The highest BCUT2D eigenvalue weighted by Gasteiger charge is 2.30. The van der Waals surface area contributed by atoms with Crippen LogP contribution in [0.5, 0.6) is 0 Å². The molecule has 15 heavy (non-hydrogen) atoms. The highest BCUT2D eigenvalue weighted by Crippen LogP contribution is 2.22. The third kappa shape index (κ3) is 1.88. The van der Waals surface area contributed by atoms with Crippen LogP contribution in [0.15, 0.2) is 24.9 Å². The average Bonchev–Trinajstić information content (AvgIpc) is 2.60. The van der Waals surface area contributed by atoms with Crippen molar-refractivity contribution >= 4 is 11.9 Å². The van der Waals surface area contributed by atoms with Gasteiger partial charge in [-0.25, -0.2) is 9.97 Å². The maximum absolute atomic E-state index is 11.7. The molecule has 0 spiro atoms. The fourth-order valence-corrected chi connectivity index (χ4v) is 1.65. The van der Waals surface area contributed by atoms with E-state index in [2.05, 4.69) is 16.5 Å². The van der Waals surface area contributed by atoms with E-state index in [1.165, 1.54) is 0 Å². The Bertz CT molecular complexity index is 403. The third-order valence-electron chi connectivity index (χ3n) is 2.51. The van der Waals surface area contributed by atoms with Gasteiger partial charge in [0.2, 0.25) is 11.9 Å². The van der Waals surface area contributed by atoms with Crippen LogP contribution in [0.1, 0.15) is 12.1 Å². The van der Waals surface area contributed by atoms with Gasteiger partial charge in [0.1, 0.15) is 0 Å². The van der Waals surface area contributed by atoms with E-state index >= 15 is 0 Å². The van der Waals surface area contributed by atoms with Crippen LogP contribution in [-0.4, -0.2) is 22.4 Å². The monoisotopic (exact) mass is 203 g/mol. The fraction of sp³-hybridized carbons (Fsp3) is 0.364. The average molecular weight is 203 g/mol. The topological polar surface area (TPSA) is 46.1 Å². The van der Waals surface area contributed by atoms with Gasteiger partial charge in [0, 0.05) is 30.8 Å². The molecule has 1 aromatic heterocycles. The van der Waals surface area contributed by atoms with Crippen molar-refractivity contribution in [1.29, 1.82) is 0 Å². The second kappa shape index (κ2) is 3.81. The van der Waals surface area contributed by atoms with E-state index in [9.17, 15) is 4.79 Å². The number of aryl methyl sites for hydroxylation is 1. The minimum absolute atomic E-state index is 0.0745. The Morgan fingerprint density at radius 1 is 1.67 bits per heavy atom. The third-order valence-corrected chi connectivity index (χ3v) is 2.51. The molecular weight excluding hydrogens is 190 g/mol. The Labute approximate surface area is 88.7 Å². The van der Waals surface area contributed by atoms with Crippen molar-refractivity contribution in [3.63, 3.8) is 0 Å². The molecule has 1 aliphatic rings. The molecule has 1 aliphatic heterocycles. The SMILES string of the molecule is C=CC1CC(=O)N(c2nccc(C)n2)C1. The predicted molar refractivity (Wildman–Crippen MR) is 57.4 cm³/mol. The summed E-state index contributed by atoms with van der Waals surface area (Å²) in [6.07, 6.45) is 4.00. The summed E-state index contributed by atoms with van der Waals surface area (Å²) in [5.74, 6) is 0.802. The first-order chi connectivity index (χ1) is 7.20. The molecule has 4 nitrogen and oxygen atoms in total. The quantitative estimate of drug-likeness (QED) is 0.681. The van der Waals surface area contributed by atoms with E-state index in [1.807, 2.05) is 19.1 Å². The molecule has 0 saturated carbocycles. The molecule has 1 atom stereocenters. The fourth-order valence-electron chi connectivity index (χ4n) is 1.65. The molecule has 0 aromatic carbocycles. The van der Waals surface area contributed by atoms with Gasteiger partial charge in [-0.1, -0.05) is 6.08 Å². The molecule has 0 N–H and O–H groups in total. The normalized spacial score (nSPS) is 20.7. The van der Waals surface area contributed by atoms with Gasteiger partial charge >= 0.3 is 0 Å². The molecular formula is C11H13N3O. The molecule has 78 valence electrons. The number of carbonyl (C=O) groups is 1. The first kappa shape index (κ1) is 9.83. The number of hydrogen-bond donors (Lipinski definition) is 0. The molecule has 1 saturated heterocycles. The van der Waals surface area contributed by atoms with Crippen molar-refractivity contribution in [3.8, 4) is 0 Å². The Morgan fingerprint density at radius 3 is 3.07 bits per heavy atom. The minimum Gasteiger partial charge on any atom is -0.280 e. The Morgan fingerprint density at radius 2 is 2.47 bits per heavy atom. The van der Waals surface area contributed by atoms with E-state index in [0.717, 1.165) is 5.69 Å². The van der Waals surface area contributed by atoms with E-state index < -0.39 is 0 Å². The van der Waals surface area contributed by atoms with Crippen LogP contribution in [0.25, 0.3) is 0 Å². The van der Waals surface area contributed by atoms with Crippen molar-refractivity contribution in [2.75, 3.05) is 11.4 Å². The largest absolute Gasteiger partial charge is 0.280 e. The number of rotatable bonds is 2. The van der Waals surface area contributed by atoms with Crippen LogP contribution in [0, 0.1) is 12.8 Å². The molecule has 0 bridgehead atoms. The maximum Gasteiger partial charge on any atom is 0.232 e. The summed E-state index contributed by atoms with van der Waals surface area (Å²) in [6.45, 7) is 6.23. The summed E-state index contributed by atoms with van der Waals surface area (Å²) in [4.78, 5) is 21.6. The highest BCUT2D eigenvalue weighted by molar-refractivity contribution is 5.94. The van der Waals surface area contributed by atoms with Crippen molar-refractivity contribution in [2.45, 2.75) is 13.3 Å². The Hall–Kier alpha value is -1.71. The van der Waals surface area contributed by atoms with Crippen LogP contribution < -0.4 is 4.90 Å². The molecule has 4 heteroatoms. The first-order valence-corrected chi connectivity index (χ1v) is 4.93. The minimum atomic E-state index is 0.0745. The first-order valence-electron chi connectivity index (χ1n) is 4.93. The lowest BCUT2D eigenvalue weighted by molar-refractivity contribution is -0.117. The lowest BCUT2D eigenvalue weighted by Gasteiger charge is -2.13. The smallest absolute Gasteiger partial charge is 0.232 e. The number of carbonyl (C=O) groups excluding carboxylic acids is 1. The van der Waals surface area contributed by atoms with Crippen molar-refractivity contribution in [2.24, 2.45) is 5.92 Å². The summed E-state index contributed by atoms with van der Waals surface area (Å²) in [6, 6.07) is 1.81. The summed E-state index contributed by atoms with van der Waals surface area (Å²) >= 11 is 0. The summed E-state index contributed by atoms with van der Waals surface area (Å²) in [5.41, 5.74) is 0.870. The van der Waals surface area contributed by atoms with E-state index in [-0.39, 0.29) is 11.8 Å². The highest BCUT2D eigenvalue weighted by atomic mass is 16.2. The summed E-state index contributed by atoms with van der Waals surface area (Å²) in [5, 5.41) is 0. The van der Waals surface area contributed by atoms with Crippen LogP contribution in [0.3, 0.4) is 0 Å². The Balaban J connectivity index is 2.25. The number of amides is 1. The zero-order valence-corrected chi connectivity index (χ0v) is 8.68. The molecule has 1 aromatic rings. The lowest BCUT2D eigenvalue weighted by Crippen LogP contribution is -2.26. The van der Waals surface area contributed by atoms with Gasteiger partial charge in [-0.15, -0.1) is 6.58 Å². The second-order valence-corrected chi connectivity index (χ2v) is 3.70. The number of hydrogen-bond acceptors (Lipinski definition) is 3. The van der Waals surface area contributed by atoms with E-state index in [0.29, 0.717) is 18.9 Å². The second-order valence-electron chi connectivity index (χ2n) is 3.70. The summed E-state index contributed by atoms with van der Waals surface area (Å²) in [7, 11) is 0. The molecule has 2 rings (SSSR count). The molecule has 0 radical (unpaired) electrons. The van der Waals surface area contributed by atoms with Crippen LogP contribution >= 0.6 is 0 Å². The van der Waals surface area contributed by atoms with Crippen molar-refractivity contribution in [1.82, 2.24) is 9.97 Å². The number of aromatic nitrogens is 2. The molecule has 2 heterocycles. The molecule has 0 aliphatic carbocycles. The number of anilines is 1. The zero-order chi connectivity index (χ0) is 10.8. The lowest BCUT2D eigenvalue weighted by atomic mass is 10.1. The molecule has 1 amide bonds. The van der Waals surface area contributed by atoms with Gasteiger partial charge in [-0.05, 0) is 13.0 Å². The zero-order valence-electron chi connectivity index (χ0n) is 8.68. The van der Waals surface area contributed by atoms with Gasteiger partial charge in [-0.2, -0.15) is 0 Å². The molecule has 1 unspecified atom stereocenters. The summed E-state index contributed by atoms with van der Waals surface area (Å²) < 4.78 is 0. The van der Waals surface area contributed by atoms with Crippen molar-refractivity contribution in [3.05, 3.63) is 30.6 Å². The van der Waals surface area contributed by atoms with Gasteiger partial charge in [0.05, 0.1) is 0 Å². The maximum atomic E-state index is 11.7.